The Balaban J connectivity index is 1.65. The Kier molecular flexibility index (Phi) is 6.57. The fourth-order valence-electron chi connectivity index (χ4n) is 3.62. The van der Waals surface area contributed by atoms with E-state index in [0.29, 0.717) is 12.1 Å². The summed E-state index contributed by atoms with van der Waals surface area (Å²) in [4.78, 5) is 5.23. The van der Waals surface area contributed by atoms with Crippen LogP contribution < -0.4 is 0 Å². The number of hydrogen-bond acceptors (Lipinski definition) is 4. The molecule has 0 aromatic carbocycles. The molecule has 112 valence electrons. The molecule has 0 unspecified atom stereocenters. The number of hydrogen-bond donors (Lipinski definition) is 0. The average molecular weight is 270 g/mol. The molecular weight excluding hydrogens is 240 g/mol. The van der Waals surface area contributed by atoms with Crippen LogP contribution in [-0.4, -0.2) is 75.5 Å². The molecule has 0 amide bonds. The third-order valence-electron chi connectivity index (χ3n) is 4.61. The molecule has 4 heteroatoms. The van der Waals surface area contributed by atoms with Crippen molar-refractivity contribution in [2.24, 2.45) is 0 Å². The molecule has 2 aliphatic heterocycles. The van der Waals surface area contributed by atoms with E-state index >= 15 is 0 Å². The number of nitrogens with zero attached hydrogens (tertiary/aromatic N) is 2. The van der Waals surface area contributed by atoms with E-state index in [1.54, 1.807) is 0 Å². The standard InChI is InChI=1S/C15H30N2O2/c1-18-12-14-6-3-8-16(14)10-5-11-17-9-4-7-15(17)13-19-2/h14-15H,3-13H2,1-2H3/t14-,15-/m0/s1. The van der Waals surface area contributed by atoms with Gasteiger partial charge in [0, 0.05) is 26.3 Å². The summed E-state index contributed by atoms with van der Waals surface area (Å²) < 4.78 is 10.6. The molecule has 0 radical (unpaired) electrons. The van der Waals surface area contributed by atoms with Gasteiger partial charge < -0.3 is 9.47 Å². The minimum absolute atomic E-state index is 0.665. The zero-order valence-electron chi connectivity index (χ0n) is 12.6. The van der Waals surface area contributed by atoms with Crippen molar-refractivity contribution >= 4 is 0 Å². The first-order chi connectivity index (χ1) is 9.35. The van der Waals surface area contributed by atoms with Crippen LogP contribution in [0.3, 0.4) is 0 Å². The molecule has 2 rings (SSSR count). The summed E-state index contributed by atoms with van der Waals surface area (Å²) in [5.74, 6) is 0. The highest BCUT2D eigenvalue weighted by atomic mass is 16.5. The lowest BCUT2D eigenvalue weighted by atomic mass is 10.2. The Morgan fingerprint density at radius 2 is 1.32 bits per heavy atom. The van der Waals surface area contributed by atoms with Gasteiger partial charge in [-0.25, -0.2) is 0 Å². The first-order valence-electron chi connectivity index (χ1n) is 7.81. The molecule has 0 spiro atoms. The summed E-state index contributed by atoms with van der Waals surface area (Å²) in [5, 5.41) is 0. The molecule has 2 atom stereocenters. The second kappa shape index (κ2) is 8.20. The van der Waals surface area contributed by atoms with E-state index in [-0.39, 0.29) is 0 Å². The van der Waals surface area contributed by atoms with Crippen LogP contribution in [-0.2, 0) is 9.47 Å². The van der Waals surface area contributed by atoms with E-state index in [9.17, 15) is 0 Å². The molecule has 4 nitrogen and oxygen atoms in total. The summed E-state index contributed by atoms with van der Waals surface area (Å²) in [5.41, 5.74) is 0. The molecule has 2 heterocycles. The molecule has 0 aromatic rings. The van der Waals surface area contributed by atoms with Crippen molar-refractivity contribution in [3.05, 3.63) is 0 Å². The fourth-order valence-corrected chi connectivity index (χ4v) is 3.62. The SMILES string of the molecule is COC[C@@H]1CCCN1CCCN1CCC[C@H]1COC. The van der Waals surface area contributed by atoms with Crippen molar-refractivity contribution in [1.82, 2.24) is 9.80 Å². The summed E-state index contributed by atoms with van der Waals surface area (Å²) >= 11 is 0. The van der Waals surface area contributed by atoms with E-state index in [4.69, 9.17) is 9.47 Å². The van der Waals surface area contributed by atoms with Crippen LogP contribution in [0.1, 0.15) is 32.1 Å². The Bertz CT molecular complexity index is 226. The smallest absolute Gasteiger partial charge is 0.0618 e. The van der Waals surface area contributed by atoms with Gasteiger partial charge in [-0.05, 0) is 58.3 Å². The molecule has 0 bridgehead atoms. The topological polar surface area (TPSA) is 24.9 Å². The molecule has 0 N–H and O–H groups in total. The Morgan fingerprint density at radius 3 is 1.74 bits per heavy atom. The Morgan fingerprint density at radius 1 is 0.842 bits per heavy atom. The molecule has 2 saturated heterocycles. The van der Waals surface area contributed by atoms with E-state index in [0.717, 1.165) is 13.2 Å². The van der Waals surface area contributed by atoms with E-state index in [2.05, 4.69) is 9.80 Å². The van der Waals surface area contributed by atoms with Crippen LogP contribution in [0.4, 0.5) is 0 Å². The summed E-state index contributed by atoms with van der Waals surface area (Å²) in [6, 6.07) is 1.33. The first-order valence-corrected chi connectivity index (χ1v) is 7.81. The van der Waals surface area contributed by atoms with Crippen LogP contribution in [0.5, 0.6) is 0 Å². The molecule has 0 aromatic heterocycles. The normalized spacial score (nSPS) is 29.4. The lowest BCUT2D eigenvalue weighted by Gasteiger charge is -2.27. The fraction of sp³-hybridized carbons (Fsp3) is 1.00. The number of methoxy groups -OCH3 is 2. The second-order valence-electron chi connectivity index (χ2n) is 5.93. The quantitative estimate of drug-likeness (QED) is 0.669. The van der Waals surface area contributed by atoms with Gasteiger partial charge in [0.15, 0.2) is 0 Å². The van der Waals surface area contributed by atoms with Crippen LogP contribution in [0.2, 0.25) is 0 Å². The third kappa shape index (κ3) is 4.42. The molecule has 0 aliphatic carbocycles. The maximum Gasteiger partial charge on any atom is 0.0618 e. The molecule has 2 aliphatic rings. The van der Waals surface area contributed by atoms with Gasteiger partial charge >= 0.3 is 0 Å². The minimum atomic E-state index is 0.665. The van der Waals surface area contributed by atoms with Gasteiger partial charge in [0.1, 0.15) is 0 Å². The van der Waals surface area contributed by atoms with Crippen LogP contribution in [0.15, 0.2) is 0 Å². The monoisotopic (exact) mass is 270 g/mol. The first kappa shape index (κ1) is 15.2. The molecule has 19 heavy (non-hydrogen) atoms. The van der Waals surface area contributed by atoms with Crippen molar-refractivity contribution in [1.29, 1.82) is 0 Å². The minimum Gasteiger partial charge on any atom is -0.383 e. The van der Waals surface area contributed by atoms with Gasteiger partial charge in [-0.2, -0.15) is 0 Å². The summed E-state index contributed by atoms with van der Waals surface area (Å²) in [6.45, 7) is 6.77. The van der Waals surface area contributed by atoms with Gasteiger partial charge in [0.05, 0.1) is 13.2 Å². The lowest BCUT2D eigenvalue weighted by molar-refractivity contribution is 0.0997. The van der Waals surface area contributed by atoms with Gasteiger partial charge in [-0.1, -0.05) is 0 Å². The van der Waals surface area contributed by atoms with Crippen LogP contribution in [0, 0.1) is 0 Å². The highest BCUT2D eigenvalue weighted by Gasteiger charge is 2.26. The van der Waals surface area contributed by atoms with Crippen molar-refractivity contribution in [2.45, 2.75) is 44.2 Å². The van der Waals surface area contributed by atoms with Crippen LogP contribution in [0.25, 0.3) is 0 Å². The second-order valence-corrected chi connectivity index (χ2v) is 5.93. The number of ether oxygens (including phenoxy) is 2. The Labute approximate surface area is 118 Å². The summed E-state index contributed by atoms with van der Waals surface area (Å²) in [7, 11) is 3.63. The predicted molar refractivity (Wildman–Crippen MR) is 77.6 cm³/mol. The Hall–Kier alpha value is -0.160. The molecular formula is C15H30N2O2. The van der Waals surface area contributed by atoms with Gasteiger partial charge in [-0.3, -0.25) is 9.80 Å². The highest BCUT2D eigenvalue weighted by Crippen LogP contribution is 2.20. The molecule has 0 saturated carbocycles. The van der Waals surface area contributed by atoms with Gasteiger partial charge in [0.2, 0.25) is 0 Å². The maximum absolute atomic E-state index is 5.32. The van der Waals surface area contributed by atoms with E-state index < -0.39 is 0 Å². The largest absolute Gasteiger partial charge is 0.383 e. The number of likely N-dealkylation sites (tertiary alicyclic amines) is 2. The van der Waals surface area contributed by atoms with Crippen molar-refractivity contribution in [3.8, 4) is 0 Å². The van der Waals surface area contributed by atoms with E-state index in [1.807, 2.05) is 14.2 Å². The third-order valence-corrected chi connectivity index (χ3v) is 4.61. The van der Waals surface area contributed by atoms with Crippen molar-refractivity contribution in [2.75, 3.05) is 53.6 Å². The van der Waals surface area contributed by atoms with E-state index in [1.165, 1.54) is 58.3 Å². The predicted octanol–water partition coefficient (Wildman–Crippen LogP) is 1.60. The zero-order chi connectivity index (χ0) is 13.5. The summed E-state index contributed by atoms with van der Waals surface area (Å²) in [6.07, 6.45) is 6.57. The van der Waals surface area contributed by atoms with Crippen LogP contribution >= 0.6 is 0 Å². The highest BCUT2D eigenvalue weighted by molar-refractivity contribution is 4.81. The van der Waals surface area contributed by atoms with Gasteiger partial charge in [-0.15, -0.1) is 0 Å². The maximum atomic E-state index is 5.32. The number of rotatable bonds is 8. The van der Waals surface area contributed by atoms with Gasteiger partial charge in [0.25, 0.3) is 0 Å². The lowest BCUT2D eigenvalue weighted by Crippen LogP contribution is -2.37. The van der Waals surface area contributed by atoms with Crippen molar-refractivity contribution < 1.29 is 9.47 Å². The molecule has 2 fully saturated rings. The zero-order valence-corrected chi connectivity index (χ0v) is 12.6. The average Bonchev–Trinajstić information content (AvgIpc) is 3.01. The van der Waals surface area contributed by atoms with Crippen molar-refractivity contribution in [3.63, 3.8) is 0 Å².